The second kappa shape index (κ2) is 7.58. The number of thioether (sulfide) groups is 1. The Bertz CT molecular complexity index is 371. The monoisotopic (exact) mass is 274 g/mol. The minimum Gasteiger partial charge on any atom is -0.466 e. The van der Waals surface area contributed by atoms with Gasteiger partial charge in [-0.2, -0.15) is 0 Å². The Labute approximate surface area is 110 Å². The van der Waals surface area contributed by atoms with Crippen molar-refractivity contribution in [2.24, 2.45) is 0 Å². The molecule has 0 fully saturated rings. The summed E-state index contributed by atoms with van der Waals surface area (Å²) < 4.78 is 4.75. The average Bonchev–Trinajstić information content (AvgIpc) is 2.27. The van der Waals surface area contributed by atoms with Crippen LogP contribution in [0.3, 0.4) is 0 Å². The topological polar surface area (TPSA) is 46.5 Å². The van der Waals surface area contributed by atoms with Crippen LogP contribution < -0.4 is 0 Å². The number of carbonyl (C=O) groups excluding carboxylic acids is 1. The van der Waals surface area contributed by atoms with Gasteiger partial charge in [0, 0.05) is 15.7 Å². The van der Waals surface area contributed by atoms with Crippen LogP contribution in [0, 0.1) is 0 Å². The van der Waals surface area contributed by atoms with Crippen LogP contribution in [0.15, 0.2) is 29.2 Å². The maximum absolute atomic E-state index is 11.1. The first-order valence-corrected chi connectivity index (χ1v) is 6.70. The maximum atomic E-state index is 11.1. The van der Waals surface area contributed by atoms with Gasteiger partial charge in [0.2, 0.25) is 0 Å². The van der Waals surface area contributed by atoms with Gasteiger partial charge in [-0.05, 0) is 25.1 Å². The lowest BCUT2D eigenvalue weighted by molar-refractivity contribution is -0.144. The molecular formula is C12H15ClO3S. The van der Waals surface area contributed by atoms with E-state index in [0.717, 1.165) is 4.90 Å². The number of aliphatic hydroxyl groups excluding tert-OH is 1. The molecule has 0 aliphatic heterocycles. The smallest absolute Gasteiger partial charge is 0.308 e. The Morgan fingerprint density at radius 3 is 3.00 bits per heavy atom. The van der Waals surface area contributed by atoms with Crippen molar-refractivity contribution in [1.82, 2.24) is 0 Å². The first kappa shape index (κ1) is 14.4. The van der Waals surface area contributed by atoms with Crippen LogP contribution in [0.1, 0.15) is 13.3 Å². The number of benzene rings is 1. The summed E-state index contributed by atoms with van der Waals surface area (Å²) >= 11 is 7.30. The van der Waals surface area contributed by atoms with Gasteiger partial charge in [0.05, 0.1) is 19.1 Å². The van der Waals surface area contributed by atoms with Crippen LogP contribution in [-0.4, -0.2) is 29.5 Å². The van der Waals surface area contributed by atoms with E-state index in [4.69, 9.17) is 16.3 Å². The number of esters is 1. The van der Waals surface area contributed by atoms with E-state index < -0.39 is 6.10 Å². The molecule has 1 unspecified atom stereocenters. The van der Waals surface area contributed by atoms with Crippen LogP contribution in [-0.2, 0) is 9.53 Å². The van der Waals surface area contributed by atoms with Crippen molar-refractivity contribution >= 4 is 29.3 Å². The zero-order valence-corrected chi connectivity index (χ0v) is 11.1. The fourth-order valence-corrected chi connectivity index (χ4v) is 2.36. The number of aliphatic hydroxyl groups is 1. The summed E-state index contributed by atoms with van der Waals surface area (Å²) in [7, 11) is 0. The number of hydrogen-bond acceptors (Lipinski definition) is 4. The van der Waals surface area contributed by atoms with Crippen molar-refractivity contribution in [2.75, 3.05) is 12.4 Å². The highest BCUT2D eigenvalue weighted by Crippen LogP contribution is 2.22. The highest BCUT2D eigenvalue weighted by molar-refractivity contribution is 7.99. The molecule has 0 heterocycles. The van der Waals surface area contributed by atoms with E-state index in [1.807, 2.05) is 18.2 Å². The van der Waals surface area contributed by atoms with Crippen molar-refractivity contribution in [1.29, 1.82) is 0 Å². The second-order valence-corrected chi connectivity index (χ2v) is 4.96. The molecule has 0 spiro atoms. The molecule has 0 aliphatic carbocycles. The van der Waals surface area contributed by atoms with Crippen molar-refractivity contribution in [3.05, 3.63) is 29.3 Å². The van der Waals surface area contributed by atoms with Crippen LogP contribution in [0.25, 0.3) is 0 Å². The predicted molar refractivity (Wildman–Crippen MR) is 69.4 cm³/mol. The predicted octanol–water partition coefficient (Wildman–Crippen LogP) is 2.75. The zero-order valence-electron chi connectivity index (χ0n) is 9.56. The molecule has 5 heteroatoms. The number of ether oxygens (including phenoxy) is 1. The van der Waals surface area contributed by atoms with E-state index in [9.17, 15) is 9.90 Å². The number of halogens is 1. The maximum Gasteiger partial charge on any atom is 0.308 e. The SMILES string of the molecule is CCOC(=O)CC(O)CSc1cccc(Cl)c1. The highest BCUT2D eigenvalue weighted by Gasteiger charge is 2.11. The summed E-state index contributed by atoms with van der Waals surface area (Å²) in [5.74, 6) is 0.0748. The summed E-state index contributed by atoms with van der Waals surface area (Å²) in [5.41, 5.74) is 0. The van der Waals surface area contributed by atoms with Gasteiger partial charge in [0.1, 0.15) is 0 Å². The number of rotatable bonds is 6. The molecular weight excluding hydrogens is 260 g/mol. The van der Waals surface area contributed by atoms with Crippen molar-refractivity contribution in [2.45, 2.75) is 24.3 Å². The van der Waals surface area contributed by atoms with Crippen molar-refractivity contribution in [3.8, 4) is 0 Å². The van der Waals surface area contributed by atoms with Crippen molar-refractivity contribution in [3.63, 3.8) is 0 Å². The van der Waals surface area contributed by atoms with Gasteiger partial charge >= 0.3 is 5.97 Å². The summed E-state index contributed by atoms with van der Waals surface area (Å²) in [6.45, 7) is 2.08. The Morgan fingerprint density at radius 2 is 2.35 bits per heavy atom. The van der Waals surface area contributed by atoms with Gasteiger partial charge in [-0.25, -0.2) is 0 Å². The molecule has 1 rings (SSSR count). The van der Waals surface area contributed by atoms with Crippen LogP contribution >= 0.6 is 23.4 Å². The molecule has 17 heavy (non-hydrogen) atoms. The van der Waals surface area contributed by atoms with E-state index >= 15 is 0 Å². The number of carbonyl (C=O) groups is 1. The van der Waals surface area contributed by atoms with Crippen molar-refractivity contribution < 1.29 is 14.6 Å². The first-order valence-electron chi connectivity index (χ1n) is 5.34. The van der Waals surface area contributed by atoms with Crippen LogP contribution in [0.2, 0.25) is 5.02 Å². The van der Waals surface area contributed by atoms with E-state index in [-0.39, 0.29) is 12.4 Å². The molecule has 1 N–H and O–H groups in total. The quantitative estimate of drug-likeness (QED) is 0.640. The first-order chi connectivity index (χ1) is 8.11. The third kappa shape index (κ3) is 5.96. The van der Waals surface area contributed by atoms with Gasteiger partial charge in [-0.1, -0.05) is 17.7 Å². The molecule has 0 saturated heterocycles. The molecule has 0 amide bonds. The van der Waals surface area contributed by atoms with Gasteiger partial charge in [0.25, 0.3) is 0 Å². The van der Waals surface area contributed by atoms with E-state index in [1.165, 1.54) is 11.8 Å². The van der Waals surface area contributed by atoms with Gasteiger partial charge < -0.3 is 9.84 Å². The van der Waals surface area contributed by atoms with Gasteiger partial charge in [-0.3, -0.25) is 4.79 Å². The van der Waals surface area contributed by atoms with Gasteiger partial charge in [-0.15, -0.1) is 11.8 Å². The second-order valence-electron chi connectivity index (χ2n) is 3.43. The van der Waals surface area contributed by atoms with E-state index in [0.29, 0.717) is 17.4 Å². The fraction of sp³-hybridized carbons (Fsp3) is 0.417. The highest BCUT2D eigenvalue weighted by atomic mass is 35.5. The molecule has 0 radical (unpaired) electrons. The third-order valence-corrected chi connectivity index (χ3v) is 3.32. The Hall–Kier alpha value is -0.710. The Morgan fingerprint density at radius 1 is 1.59 bits per heavy atom. The Balaban J connectivity index is 2.33. The largest absolute Gasteiger partial charge is 0.466 e. The number of hydrogen-bond donors (Lipinski definition) is 1. The average molecular weight is 275 g/mol. The Kier molecular flexibility index (Phi) is 6.40. The molecule has 94 valence electrons. The molecule has 1 atom stereocenters. The van der Waals surface area contributed by atoms with Gasteiger partial charge in [0.15, 0.2) is 0 Å². The normalized spacial score (nSPS) is 12.2. The van der Waals surface area contributed by atoms with Crippen LogP contribution in [0.5, 0.6) is 0 Å². The van der Waals surface area contributed by atoms with Crippen LogP contribution in [0.4, 0.5) is 0 Å². The summed E-state index contributed by atoms with van der Waals surface area (Å²) in [6.07, 6.45) is -0.667. The molecule has 1 aromatic rings. The summed E-state index contributed by atoms with van der Waals surface area (Å²) in [5, 5.41) is 10.3. The molecule has 0 aromatic heterocycles. The lowest BCUT2D eigenvalue weighted by Crippen LogP contribution is -2.17. The third-order valence-electron chi connectivity index (χ3n) is 1.95. The minimum absolute atomic E-state index is 0.0292. The molecule has 0 aliphatic rings. The zero-order chi connectivity index (χ0) is 12.7. The fourth-order valence-electron chi connectivity index (χ4n) is 1.22. The lowest BCUT2D eigenvalue weighted by atomic mass is 10.3. The lowest BCUT2D eigenvalue weighted by Gasteiger charge is -2.09. The summed E-state index contributed by atoms with van der Waals surface area (Å²) in [6, 6.07) is 7.37. The minimum atomic E-state index is -0.696. The van der Waals surface area contributed by atoms with E-state index in [2.05, 4.69) is 0 Å². The van der Waals surface area contributed by atoms with E-state index in [1.54, 1.807) is 13.0 Å². The molecule has 0 bridgehead atoms. The summed E-state index contributed by atoms with van der Waals surface area (Å²) in [4.78, 5) is 12.1. The molecule has 0 saturated carbocycles. The molecule has 3 nitrogen and oxygen atoms in total. The molecule has 1 aromatic carbocycles. The standard InChI is InChI=1S/C12H15ClO3S/c1-2-16-12(15)7-10(14)8-17-11-5-3-4-9(13)6-11/h3-6,10,14H,2,7-8H2,1H3.